The molecule has 2 heterocycles. The Morgan fingerprint density at radius 1 is 1.48 bits per heavy atom. The number of carbonyl (C=O) groups is 1. The first-order valence-corrected chi connectivity index (χ1v) is 9.42. The first-order chi connectivity index (χ1) is 11.9. The van der Waals surface area contributed by atoms with E-state index in [2.05, 4.69) is 22.7 Å². The zero-order valence-electron chi connectivity index (χ0n) is 14.8. The van der Waals surface area contributed by atoms with Crippen LogP contribution in [0.2, 0.25) is 0 Å². The van der Waals surface area contributed by atoms with Crippen LogP contribution in [0.25, 0.3) is 0 Å². The van der Waals surface area contributed by atoms with Crippen LogP contribution in [0.1, 0.15) is 39.8 Å². The molecule has 0 spiro atoms. The van der Waals surface area contributed by atoms with Crippen molar-refractivity contribution in [3.8, 4) is 0 Å². The molecule has 8 heteroatoms. The number of carbonyl (C=O) groups excluding carboxylic acids is 1. The van der Waals surface area contributed by atoms with Crippen LogP contribution in [-0.4, -0.2) is 28.0 Å². The number of nitrogens with zero attached hydrogens (tertiary/aromatic N) is 2. The molecule has 134 valence electrons. The van der Waals surface area contributed by atoms with Crippen LogP contribution in [0.15, 0.2) is 6.20 Å². The second-order valence-electron chi connectivity index (χ2n) is 6.43. The lowest BCUT2D eigenvalue weighted by Gasteiger charge is -2.18. The van der Waals surface area contributed by atoms with Gasteiger partial charge in [-0.3, -0.25) is 4.68 Å². The SMILES string of the molecule is COC(=O)c1c(NC(=S)Nc2cn(C)nc2C)sc2c1CCC(C)C2. The van der Waals surface area contributed by atoms with Crippen molar-refractivity contribution in [1.82, 2.24) is 9.78 Å². The largest absolute Gasteiger partial charge is 0.465 e. The lowest BCUT2D eigenvalue weighted by molar-refractivity contribution is 0.0601. The van der Waals surface area contributed by atoms with E-state index < -0.39 is 0 Å². The van der Waals surface area contributed by atoms with Gasteiger partial charge in [-0.1, -0.05) is 6.92 Å². The van der Waals surface area contributed by atoms with Crippen LogP contribution in [0.5, 0.6) is 0 Å². The standard InChI is InChI=1S/C17H22N4O2S2/c1-9-5-6-11-13(7-9)25-15(14(11)16(22)23-4)19-17(24)18-12-8-21(3)20-10(12)2/h8-9H,5-7H2,1-4H3,(H2,18,19,24). The minimum atomic E-state index is -0.310. The molecule has 2 aromatic rings. The first-order valence-electron chi connectivity index (χ1n) is 8.20. The number of hydrogen-bond acceptors (Lipinski definition) is 5. The molecular weight excluding hydrogens is 356 g/mol. The topological polar surface area (TPSA) is 68.2 Å². The number of ether oxygens (including phenoxy) is 1. The van der Waals surface area contributed by atoms with E-state index in [9.17, 15) is 4.79 Å². The third-order valence-corrected chi connectivity index (χ3v) is 5.76. The van der Waals surface area contributed by atoms with E-state index in [1.54, 1.807) is 16.0 Å². The fourth-order valence-electron chi connectivity index (χ4n) is 3.14. The number of thiophene rings is 1. The van der Waals surface area contributed by atoms with Gasteiger partial charge in [-0.2, -0.15) is 5.10 Å². The second kappa shape index (κ2) is 7.13. The highest BCUT2D eigenvalue weighted by molar-refractivity contribution is 7.80. The van der Waals surface area contributed by atoms with Crippen LogP contribution in [0, 0.1) is 12.8 Å². The second-order valence-corrected chi connectivity index (χ2v) is 7.94. The van der Waals surface area contributed by atoms with Crippen molar-refractivity contribution >= 4 is 45.3 Å². The summed E-state index contributed by atoms with van der Waals surface area (Å²) in [5.74, 6) is 0.322. The Balaban J connectivity index is 1.85. The molecule has 2 aromatic heterocycles. The molecular formula is C17H22N4O2S2. The number of methoxy groups -OCH3 is 1. The normalized spacial score (nSPS) is 16.2. The van der Waals surface area contributed by atoms with Crippen molar-refractivity contribution in [2.45, 2.75) is 33.1 Å². The van der Waals surface area contributed by atoms with E-state index in [0.717, 1.165) is 41.2 Å². The molecule has 0 amide bonds. The van der Waals surface area contributed by atoms with Gasteiger partial charge in [-0.25, -0.2) is 4.79 Å². The molecule has 1 unspecified atom stereocenters. The first kappa shape index (κ1) is 17.9. The molecule has 0 saturated heterocycles. The fourth-order valence-corrected chi connectivity index (χ4v) is 4.82. The highest BCUT2D eigenvalue weighted by Crippen LogP contribution is 2.40. The zero-order valence-corrected chi connectivity index (χ0v) is 16.4. The summed E-state index contributed by atoms with van der Waals surface area (Å²) in [5, 5.41) is 11.8. The van der Waals surface area contributed by atoms with E-state index in [4.69, 9.17) is 17.0 Å². The Kier molecular flexibility index (Phi) is 5.10. The molecule has 0 aliphatic heterocycles. The number of anilines is 2. The summed E-state index contributed by atoms with van der Waals surface area (Å²) < 4.78 is 6.73. The predicted octanol–water partition coefficient (Wildman–Crippen LogP) is 3.51. The van der Waals surface area contributed by atoms with Crippen LogP contribution in [-0.2, 0) is 24.6 Å². The van der Waals surface area contributed by atoms with Gasteiger partial charge in [-0.15, -0.1) is 11.3 Å². The highest BCUT2D eigenvalue weighted by atomic mass is 32.1. The quantitative estimate of drug-likeness (QED) is 0.629. The summed E-state index contributed by atoms with van der Waals surface area (Å²) in [6, 6.07) is 0. The van der Waals surface area contributed by atoms with E-state index >= 15 is 0 Å². The summed E-state index contributed by atoms with van der Waals surface area (Å²) in [6.07, 6.45) is 4.85. The molecule has 1 aliphatic rings. The molecule has 0 radical (unpaired) electrons. The summed E-state index contributed by atoms with van der Waals surface area (Å²) in [7, 11) is 3.27. The number of esters is 1. The molecule has 1 atom stereocenters. The van der Waals surface area contributed by atoms with Crippen molar-refractivity contribution in [1.29, 1.82) is 0 Å². The van der Waals surface area contributed by atoms with Crippen molar-refractivity contribution in [2.24, 2.45) is 13.0 Å². The maximum Gasteiger partial charge on any atom is 0.341 e. The number of aromatic nitrogens is 2. The number of hydrogen-bond donors (Lipinski definition) is 2. The summed E-state index contributed by atoms with van der Waals surface area (Å²) in [4.78, 5) is 13.6. The Labute approximate surface area is 156 Å². The number of rotatable bonds is 3. The Morgan fingerprint density at radius 2 is 2.24 bits per heavy atom. The van der Waals surface area contributed by atoms with Crippen LogP contribution < -0.4 is 10.6 Å². The van der Waals surface area contributed by atoms with Crippen LogP contribution in [0.3, 0.4) is 0 Å². The Hall–Kier alpha value is -1.93. The Morgan fingerprint density at radius 3 is 2.88 bits per heavy atom. The third-order valence-electron chi connectivity index (χ3n) is 4.39. The van der Waals surface area contributed by atoms with Crippen molar-refractivity contribution < 1.29 is 9.53 Å². The summed E-state index contributed by atoms with van der Waals surface area (Å²) >= 11 is 7.03. The zero-order chi connectivity index (χ0) is 18.1. The predicted molar refractivity (Wildman–Crippen MR) is 105 cm³/mol. The van der Waals surface area contributed by atoms with Gasteiger partial charge in [0.15, 0.2) is 5.11 Å². The van der Waals surface area contributed by atoms with Gasteiger partial charge in [0.25, 0.3) is 0 Å². The monoisotopic (exact) mass is 378 g/mol. The lowest BCUT2D eigenvalue weighted by Crippen LogP contribution is -2.20. The molecule has 0 aromatic carbocycles. The van der Waals surface area contributed by atoms with E-state index in [1.807, 2.05) is 20.2 Å². The minimum Gasteiger partial charge on any atom is -0.465 e. The van der Waals surface area contributed by atoms with Crippen LogP contribution in [0.4, 0.5) is 10.7 Å². The molecule has 6 nitrogen and oxygen atoms in total. The van der Waals surface area contributed by atoms with Crippen molar-refractivity contribution in [3.05, 3.63) is 27.9 Å². The maximum atomic E-state index is 12.3. The molecule has 0 fully saturated rings. The molecule has 25 heavy (non-hydrogen) atoms. The molecule has 3 rings (SSSR count). The number of thiocarbonyl (C=S) groups is 1. The smallest absolute Gasteiger partial charge is 0.341 e. The number of fused-ring (bicyclic) bond motifs is 1. The number of aryl methyl sites for hydroxylation is 2. The van der Waals surface area contributed by atoms with E-state index in [0.29, 0.717) is 16.6 Å². The van der Waals surface area contributed by atoms with Gasteiger partial charge in [0.05, 0.1) is 24.1 Å². The van der Waals surface area contributed by atoms with E-state index in [-0.39, 0.29) is 5.97 Å². The van der Waals surface area contributed by atoms with Gasteiger partial charge in [0, 0.05) is 18.1 Å². The number of nitrogens with one attached hydrogen (secondary N) is 2. The average Bonchev–Trinajstić information content (AvgIpc) is 3.05. The van der Waals surface area contributed by atoms with Gasteiger partial charge < -0.3 is 15.4 Å². The molecule has 0 bridgehead atoms. The van der Waals surface area contributed by atoms with Crippen LogP contribution >= 0.6 is 23.6 Å². The molecule has 0 saturated carbocycles. The summed E-state index contributed by atoms with van der Waals surface area (Å²) in [5.41, 5.74) is 3.44. The van der Waals surface area contributed by atoms with Gasteiger partial charge >= 0.3 is 5.97 Å². The van der Waals surface area contributed by atoms with Gasteiger partial charge in [-0.05, 0) is 49.9 Å². The molecule has 1 aliphatic carbocycles. The minimum absolute atomic E-state index is 0.310. The third kappa shape index (κ3) is 3.69. The summed E-state index contributed by atoms with van der Waals surface area (Å²) in [6.45, 7) is 4.15. The van der Waals surface area contributed by atoms with E-state index in [1.165, 1.54) is 12.0 Å². The Bertz CT molecular complexity index is 825. The highest BCUT2D eigenvalue weighted by Gasteiger charge is 2.28. The van der Waals surface area contributed by atoms with Crippen molar-refractivity contribution in [2.75, 3.05) is 17.7 Å². The molecule has 2 N–H and O–H groups in total. The van der Waals surface area contributed by atoms with Gasteiger partial charge in [0.2, 0.25) is 0 Å². The van der Waals surface area contributed by atoms with Gasteiger partial charge in [0.1, 0.15) is 5.00 Å². The average molecular weight is 379 g/mol. The van der Waals surface area contributed by atoms with Crippen molar-refractivity contribution in [3.63, 3.8) is 0 Å². The lowest BCUT2D eigenvalue weighted by atomic mass is 9.88. The maximum absolute atomic E-state index is 12.3. The fraction of sp³-hybridized carbons (Fsp3) is 0.471.